The van der Waals surface area contributed by atoms with E-state index in [4.69, 9.17) is 38.9 Å². The van der Waals surface area contributed by atoms with Crippen molar-refractivity contribution in [3.8, 4) is 0 Å². The van der Waals surface area contributed by atoms with Crippen molar-refractivity contribution >= 4 is 47.1 Å². The summed E-state index contributed by atoms with van der Waals surface area (Å²) < 4.78 is 82.4. The summed E-state index contributed by atoms with van der Waals surface area (Å²) in [5, 5.41) is 53.5. The molecule has 12 aliphatic rings. The first kappa shape index (κ1) is 97.6. The molecule has 8 aliphatic heterocycles. The Balaban J connectivity index is 0.000000126. The molecule has 28 heteroatoms. The number of likely N-dealkylation sites (tertiary alicyclic amines) is 4. The number of alkyl halides is 2. The number of benzene rings is 4. The molecule has 10 atom stereocenters. The fourth-order valence-electron chi connectivity index (χ4n) is 21.3. The Kier molecular flexibility index (Phi) is 33.8. The number of carboxylic acids is 4. The fraction of sp³-hybridized carbons (Fsp3) is 0.556. The third kappa shape index (κ3) is 25.9. The largest absolute Gasteiger partial charge is 0.480 e. The number of pyridine rings is 4. The summed E-state index contributed by atoms with van der Waals surface area (Å²) in [6.45, 7) is 9.32. The number of anilines is 4. The summed E-state index contributed by atoms with van der Waals surface area (Å²) in [7, 11) is 0. The van der Waals surface area contributed by atoms with Crippen LogP contribution in [-0.2, 0) is 89.5 Å². The lowest BCUT2D eigenvalue weighted by Crippen LogP contribution is -2.34. The molecule has 4 saturated heterocycles. The Morgan fingerprint density at radius 1 is 0.353 bits per heavy atom. The van der Waals surface area contributed by atoms with Crippen LogP contribution in [0.2, 0.25) is 0 Å². The topological polar surface area (TPSA) is 299 Å². The van der Waals surface area contributed by atoms with Crippen LogP contribution >= 0.6 is 0 Å². The number of carboxylic acid groups (broad SMARTS) is 4. The molecule has 20 rings (SSSR count). The van der Waals surface area contributed by atoms with E-state index in [2.05, 4.69) is 69.8 Å². The van der Waals surface area contributed by atoms with Gasteiger partial charge in [-0.15, -0.1) is 0 Å². The number of carbonyl (C=O) groups is 4. The van der Waals surface area contributed by atoms with Crippen LogP contribution in [-0.4, -0.2) is 226 Å². The van der Waals surface area contributed by atoms with Crippen LogP contribution in [0.1, 0.15) is 279 Å². The van der Waals surface area contributed by atoms with Gasteiger partial charge in [0.1, 0.15) is 83.6 Å². The van der Waals surface area contributed by atoms with Gasteiger partial charge in [0, 0.05) is 133 Å². The van der Waals surface area contributed by atoms with Gasteiger partial charge in [-0.05, 0) is 320 Å². The molecule has 4 aromatic carbocycles. The molecule has 8 N–H and O–H groups in total. The number of hydrogen-bond acceptors (Lipinski definition) is 20. The summed E-state index contributed by atoms with van der Waals surface area (Å²) in [6.07, 6.45) is 26.5. The predicted molar refractivity (Wildman–Crippen MR) is 515 cm³/mol. The number of halogens is 4. The van der Waals surface area contributed by atoms with Gasteiger partial charge in [0.05, 0.1) is 12.2 Å². The van der Waals surface area contributed by atoms with Crippen LogP contribution in [0.3, 0.4) is 0 Å². The van der Waals surface area contributed by atoms with E-state index in [-0.39, 0.29) is 31.1 Å². The summed E-state index contributed by atoms with van der Waals surface area (Å²) in [6, 6.07) is 38.9. The van der Waals surface area contributed by atoms with Crippen molar-refractivity contribution in [2.45, 2.75) is 277 Å². The smallest absolute Gasteiger partial charge is 0.325 e. The number of unbranched alkanes of at least 4 members (excludes halogenated alkanes) is 4. The van der Waals surface area contributed by atoms with E-state index in [9.17, 15) is 57.2 Å². The van der Waals surface area contributed by atoms with Gasteiger partial charge in [0.25, 0.3) is 0 Å². The van der Waals surface area contributed by atoms with Crippen LogP contribution in [0.25, 0.3) is 0 Å². The molecular formula is C108H136F4N12O12. The monoisotopic (exact) mass is 1870 g/mol. The van der Waals surface area contributed by atoms with Gasteiger partial charge in [0.2, 0.25) is 0 Å². The van der Waals surface area contributed by atoms with Gasteiger partial charge in [-0.2, -0.15) is 0 Å². The molecule has 4 aromatic heterocycles. The zero-order valence-corrected chi connectivity index (χ0v) is 78.5. The second-order valence-corrected chi connectivity index (χ2v) is 39.3. The van der Waals surface area contributed by atoms with Crippen molar-refractivity contribution in [3.05, 3.63) is 235 Å². The summed E-state index contributed by atoms with van der Waals surface area (Å²) >= 11 is 0. The van der Waals surface area contributed by atoms with Crippen LogP contribution in [0.4, 0.5) is 40.8 Å². The molecule has 0 bridgehead atoms. The molecule has 24 nitrogen and oxygen atoms in total. The Labute approximate surface area is 796 Å². The zero-order valence-electron chi connectivity index (χ0n) is 78.5. The molecule has 0 radical (unpaired) electrons. The van der Waals surface area contributed by atoms with Crippen LogP contribution in [0.15, 0.2) is 133 Å². The Morgan fingerprint density at radius 3 is 1.07 bits per heavy atom. The van der Waals surface area contributed by atoms with E-state index in [1.54, 1.807) is 21.9 Å². The molecule has 8 fully saturated rings. The summed E-state index contributed by atoms with van der Waals surface area (Å²) in [4.78, 5) is 75.1. The molecule has 4 saturated carbocycles. The Hall–Kier alpha value is -10.0. The third-order valence-electron chi connectivity index (χ3n) is 29.0. The average molecular weight is 1870 g/mol. The van der Waals surface area contributed by atoms with Gasteiger partial charge in [0.15, 0.2) is 0 Å². The van der Waals surface area contributed by atoms with Crippen molar-refractivity contribution in [1.82, 2.24) is 39.5 Å². The highest BCUT2D eigenvalue weighted by Gasteiger charge is 2.46. The van der Waals surface area contributed by atoms with Crippen molar-refractivity contribution < 1.29 is 76.1 Å². The van der Waals surface area contributed by atoms with Gasteiger partial charge in [-0.25, -0.2) is 37.5 Å². The van der Waals surface area contributed by atoms with E-state index in [0.717, 1.165) is 285 Å². The van der Waals surface area contributed by atoms with E-state index in [1.165, 1.54) is 53.3 Å². The van der Waals surface area contributed by atoms with E-state index in [1.807, 2.05) is 64.4 Å². The zero-order chi connectivity index (χ0) is 94.0. The SMILES string of the molecule is O=C(O)C(c1c(F)cccc1C1CC1)N1CC[C@@H](OCCCCc2ccc3c(n2)NCCC3)C1.O=C(O)[C@@H](c1ccccc1C1CC1)N1C[C@@H](F)[C@@H](OCCCCc2ccc3c(n2)NCCC3)C1.O=C(O)[C@@H](c1ccccc1C1CC1)N1C[C@H](F)[C@H](OCCCCc2ccc3c(n2)NCCC3)C1.O=C(O)[C@H](c1cc(F)ccc1C1CC1)N1CC[C@@H](OCCCCc2ccc3c(n2)NCCC3)C1. The fourth-order valence-corrected chi connectivity index (χ4v) is 21.3. The minimum atomic E-state index is -1.18. The van der Waals surface area contributed by atoms with E-state index in [0.29, 0.717) is 100 Å². The van der Waals surface area contributed by atoms with E-state index < -0.39 is 78.4 Å². The number of nitrogens with zero attached hydrogens (tertiary/aromatic N) is 8. The molecule has 4 aliphatic carbocycles. The minimum Gasteiger partial charge on any atom is -0.480 e. The normalized spacial score (nSPS) is 22.2. The minimum absolute atomic E-state index is 0.0101. The number of aliphatic carboxylic acids is 4. The standard InChI is InChI=1S/4C27H34FN3O3/c28-23-8-3-7-22(18-9-10-18)24(23)25(27(32)33)31-15-13-21(17-31)34-16-2-1-6-20-12-11-19-5-4-14-29-26(19)30-20;2*28-23-16-31(25(27(32)33)22-9-2-1-8-21(22)18-10-11-18)17-24(23)34-15-4-3-7-20-13-12-19-6-5-14-29-26(19)30-20;28-20-9-11-23(18-6-7-18)24(16-20)25(27(32)33)31-14-12-22(17-31)34-15-2-1-5-21-10-8-19-4-3-13-29-26(19)30-21/h3,7-8,11-12,18,21,25H,1-2,4-6,9-10,13-17H2,(H,29,30)(H,32,33);2*1-2,8-9,12-13,18,23-25H,3-7,10-11,14-17H2,(H,29,30)(H,32,33);8-11,16,18,22,25H,1-7,12-15,17H2,(H,29,30)(H,32,33)/t21-,25?;23-,24+,25+;23-,24+,25-;22-,25+/m1011/s1. The van der Waals surface area contributed by atoms with Gasteiger partial charge in [-0.3, -0.25) is 38.8 Å². The number of aromatic nitrogens is 4. The number of nitrogens with one attached hydrogen (secondary N) is 4. The number of rotatable bonds is 40. The number of ether oxygens (including phenoxy) is 4. The molecule has 0 spiro atoms. The van der Waals surface area contributed by atoms with Crippen molar-refractivity contribution in [3.63, 3.8) is 0 Å². The second kappa shape index (κ2) is 47.1. The molecule has 728 valence electrons. The third-order valence-corrected chi connectivity index (χ3v) is 29.0. The first-order valence-corrected chi connectivity index (χ1v) is 50.7. The van der Waals surface area contributed by atoms with Crippen LogP contribution < -0.4 is 21.3 Å². The highest BCUT2D eigenvalue weighted by atomic mass is 19.1. The highest BCUT2D eigenvalue weighted by molar-refractivity contribution is 5.79. The van der Waals surface area contributed by atoms with Gasteiger partial charge < -0.3 is 60.6 Å². The molecule has 12 heterocycles. The van der Waals surface area contributed by atoms with Crippen molar-refractivity contribution in [2.24, 2.45) is 0 Å². The maximum Gasteiger partial charge on any atom is 0.325 e. The molecule has 1 unspecified atom stereocenters. The van der Waals surface area contributed by atoms with E-state index >= 15 is 0 Å². The maximum absolute atomic E-state index is 14.8. The molecule has 0 amide bonds. The lowest BCUT2D eigenvalue weighted by atomic mass is 9.95. The number of fused-ring (bicyclic) bond motifs is 4. The average Bonchev–Trinajstić information content (AvgIpc) is 1.58. The number of aryl methyl sites for hydroxylation is 8. The van der Waals surface area contributed by atoms with Gasteiger partial charge >= 0.3 is 23.9 Å². The first-order valence-electron chi connectivity index (χ1n) is 50.7. The lowest BCUT2D eigenvalue weighted by Gasteiger charge is -2.27. The predicted octanol–water partition coefficient (Wildman–Crippen LogP) is 18.4. The highest BCUT2D eigenvalue weighted by Crippen LogP contribution is 2.49. The second-order valence-electron chi connectivity index (χ2n) is 39.3. The maximum atomic E-state index is 14.8. The molecule has 136 heavy (non-hydrogen) atoms. The van der Waals surface area contributed by atoms with Gasteiger partial charge in [-0.1, -0.05) is 91.0 Å². The summed E-state index contributed by atoms with van der Waals surface area (Å²) in [5.74, 6) is 1.12. The Morgan fingerprint density at radius 2 is 0.691 bits per heavy atom. The lowest BCUT2D eigenvalue weighted by molar-refractivity contribution is -0.144. The Bertz CT molecular complexity index is 5210. The summed E-state index contributed by atoms with van der Waals surface area (Å²) in [5.41, 5.74) is 16.2. The quantitative estimate of drug-likeness (QED) is 0.0131. The molecular weight excluding hydrogens is 1730 g/mol. The first-order chi connectivity index (χ1) is 66.4. The molecule has 8 aromatic rings. The van der Waals surface area contributed by atoms with Crippen LogP contribution in [0.5, 0.6) is 0 Å². The van der Waals surface area contributed by atoms with Crippen LogP contribution in [0, 0.1) is 11.6 Å². The van der Waals surface area contributed by atoms with Crippen molar-refractivity contribution in [1.29, 1.82) is 0 Å². The number of hydrogen-bond donors (Lipinski definition) is 8. The van der Waals surface area contributed by atoms with Crippen molar-refractivity contribution in [2.75, 3.05) is 126 Å².